The van der Waals surface area contributed by atoms with Crippen molar-refractivity contribution in [3.8, 4) is 39.8 Å². The van der Waals surface area contributed by atoms with Crippen LogP contribution in [0.3, 0.4) is 0 Å². The molecule has 4 aromatic rings. The number of pyridine rings is 1. The maximum atomic E-state index is 11.4. The van der Waals surface area contributed by atoms with Gasteiger partial charge in [-0.15, -0.1) is 0 Å². The number of primary amides is 1. The minimum Gasteiger partial charge on any atom is -0.493 e. The summed E-state index contributed by atoms with van der Waals surface area (Å²) < 4.78 is 5.63. The third kappa shape index (κ3) is 3.14. The molecule has 0 aliphatic carbocycles. The van der Waals surface area contributed by atoms with Crippen molar-refractivity contribution in [2.45, 2.75) is 6.42 Å². The molecule has 1 aliphatic rings. The van der Waals surface area contributed by atoms with Gasteiger partial charge in [-0.3, -0.25) is 9.78 Å². The molecule has 6 nitrogen and oxygen atoms in total. The number of H-pyrrole nitrogens is 1. The molecule has 0 unspecified atom stereocenters. The Morgan fingerprint density at radius 1 is 1.03 bits per heavy atom. The number of hydrogen-bond acceptors (Lipinski definition) is 4. The van der Waals surface area contributed by atoms with Crippen LogP contribution in [0.1, 0.15) is 15.9 Å². The lowest BCUT2D eigenvalue weighted by Crippen LogP contribution is -2.10. The lowest BCUT2D eigenvalue weighted by atomic mass is 10.0. The van der Waals surface area contributed by atoms with Crippen LogP contribution >= 0.6 is 0 Å². The summed E-state index contributed by atoms with van der Waals surface area (Å²) in [4.78, 5) is 24.1. The molecule has 0 atom stereocenters. The van der Waals surface area contributed by atoms with Gasteiger partial charge in [-0.05, 0) is 48.0 Å². The van der Waals surface area contributed by atoms with Gasteiger partial charge in [-0.1, -0.05) is 18.2 Å². The molecule has 0 spiro atoms. The SMILES string of the molecule is NC(=O)c1ccc(-c2nc(-c3ccc4c(c3)CCO4)c(-c3ccccn3)[nH]2)cc1. The van der Waals surface area contributed by atoms with Gasteiger partial charge < -0.3 is 15.5 Å². The van der Waals surface area contributed by atoms with E-state index in [0.717, 1.165) is 40.4 Å². The molecule has 6 heteroatoms. The fraction of sp³-hybridized carbons (Fsp3) is 0.0870. The summed E-state index contributed by atoms with van der Waals surface area (Å²) in [5.41, 5.74) is 11.3. The number of fused-ring (bicyclic) bond motifs is 1. The zero-order chi connectivity index (χ0) is 19.8. The molecule has 29 heavy (non-hydrogen) atoms. The van der Waals surface area contributed by atoms with Crippen LogP contribution < -0.4 is 10.5 Å². The summed E-state index contributed by atoms with van der Waals surface area (Å²) in [6.45, 7) is 0.712. The van der Waals surface area contributed by atoms with Crippen molar-refractivity contribution in [3.05, 3.63) is 78.0 Å². The van der Waals surface area contributed by atoms with Crippen molar-refractivity contribution in [1.82, 2.24) is 15.0 Å². The Hall–Kier alpha value is -3.93. The van der Waals surface area contributed by atoms with Gasteiger partial charge in [0.1, 0.15) is 11.6 Å². The molecular weight excluding hydrogens is 364 g/mol. The van der Waals surface area contributed by atoms with E-state index in [0.29, 0.717) is 18.0 Å². The molecule has 1 aliphatic heterocycles. The van der Waals surface area contributed by atoms with Crippen LogP contribution in [-0.2, 0) is 6.42 Å². The average molecular weight is 382 g/mol. The number of aromatic nitrogens is 3. The van der Waals surface area contributed by atoms with E-state index in [1.165, 1.54) is 5.56 Å². The number of benzene rings is 2. The molecular formula is C23H18N4O2. The number of nitrogens with one attached hydrogen (secondary N) is 1. The first-order valence-electron chi connectivity index (χ1n) is 9.37. The number of rotatable bonds is 4. The smallest absolute Gasteiger partial charge is 0.248 e. The minimum atomic E-state index is -0.453. The van der Waals surface area contributed by atoms with E-state index >= 15 is 0 Å². The van der Waals surface area contributed by atoms with Crippen molar-refractivity contribution in [3.63, 3.8) is 0 Å². The predicted octanol–water partition coefficient (Wildman–Crippen LogP) is 3.84. The van der Waals surface area contributed by atoms with Crippen molar-refractivity contribution >= 4 is 5.91 Å². The number of nitrogens with zero attached hydrogens (tertiary/aromatic N) is 2. The predicted molar refractivity (Wildman–Crippen MR) is 110 cm³/mol. The lowest BCUT2D eigenvalue weighted by molar-refractivity contribution is 0.100. The highest BCUT2D eigenvalue weighted by atomic mass is 16.5. The Labute approximate surface area is 167 Å². The van der Waals surface area contributed by atoms with Gasteiger partial charge in [-0.2, -0.15) is 0 Å². The average Bonchev–Trinajstić information content (AvgIpc) is 3.41. The Kier molecular flexibility index (Phi) is 4.09. The van der Waals surface area contributed by atoms with Crippen LogP contribution in [0, 0.1) is 0 Å². The van der Waals surface area contributed by atoms with Crippen LogP contribution in [0.5, 0.6) is 5.75 Å². The zero-order valence-electron chi connectivity index (χ0n) is 15.6. The van der Waals surface area contributed by atoms with E-state index in [1.807, 2.05) is 42.5 Å². The standard InChI is InChI=1S/C23H18N4O2/c24-22(28)14-4-6-15(7-5-14)23-26-20(21(27-23)18-3-1-2-11-25-18)17-8-9-19-16(13-17)10-12-29-19/h1-9,11,13H,10,12H2,(H2,24,28)(H,26,27). The first kappa shape index (κ1) is 17.2. The molecule has 3 heterocycles. The van der Waals surface area contributed by atoms with E-state index in [1.54, 1.807) is 18.3 Å². The van der Waals surface area contributed by atoms with Crippen LogP contribution in [-0.4, -0.2) is 27.5 Å². The van der Waals surface area contributed by atoms with Crippen molar-refractivity contribution in [1.29, 1.82) is 0 Å². The van der Waals surface area contributed by atoms with Crippen molar-refractivity contribution < 1.29 is 9.53 Å². The second kappa shape index (κ2) is 6.91. The first-order valence-corrected chi connectivity index (χ1v) is 9.37. The first-order chi connectivity index (χ1) is 14.2. The number of hydrogen-bond donors (Lipinski definition) is 2. The van der Waals surface area contributed by atoms with E-state index < -0.39 is 5.91 Å². The van der Waals surface area contributed by atoms with Gasteiger partial charge in [0.2, 0.25) is 5.91 Å². The van der Waals surface area contributed by atoms with Gasteiger partial charge in [0.25, 0.3) is 0 Å². The largest absolute Gasteiger partial charge is 0.493 e. The third-order valence-corrected chi connectivity index (χ3v) is 5.03. The van der Waals surface area contributed by atoms with Crippen molar-refractivity contribution in [2.75, 3.05) is 6.61 Å². The van der Waals surface area contributed by atoms with Crippen LogP contribution in [0.4, 0.5) is 0 Å². The molecule has 0 saturated heterocycles. The highest BCUT2D eigenvalue weighted by Gasteiger charge is 2.19. The summed E-state index contributed by atoms with van der Waals surface area (Å²) in [7, 11) is 0. The fourth-order valence-corrected chi connectivity index (χ4v) is 3.54. The van der Waals surface area contributed by atoms with Gasteiger partial charge >= 0.3 is 0 Å². The number of nitrogens with two attached hydrogens (primary N) is 1. The second-order valence-electron chi connectivity index (χ2n) is 6.89. The maximum Gasteiger partial charge on any atom is 0.248 e. The van der Waals surface area contributed by atoms with E-state index in [2.05, 4.69) is 16.0 Å². The number of aromatic amines is 1. The van der Waals surface area contributed by atoms with Crippen LogP contribution in [0.25, 0.3) is 34.0 Å². The van der Waals surface area contributed by atoms with Gasteiger partial charge in [-0.25, -0.2) is 4.98 Å². The van der Waals surface area contributed by atoms with E-state index in [-0.39, 0.29) is 0 Å². The fourth-order valence-electron chi connectivity index (χ4n) is 3.54. The number of imidazole rings is 1. The van der Waals surface area contributed by atoms with Crippen LogP contribution in [0.2, 0.25) is 0 Å². The van der Waals surface area contributed by atoms with Gasteiger partial charge in [0, 0.05) is 29.3 Å². The van der Waals surface area contributed by atoms with E-state index in [9.17, 15) is 4.79 Å². The molecule has 1 amide bonds. The molecule has 142 valence electrons. The molecule has 0 fully saturated rings. The summed E-state index contributed by atoms with van der Waals surface area (Å²) >= 11 is 0. The highest BCUT2D eigenvalue weighted by Crippen LogP contribution is 2.35. The maximum absolute atomic E-state index is 11.4. The monoisotopic (exact) mass is 382 g/mol. The number of carbonyl (C=O) groups is 1. The van der Waals surface area contributed by atoms with Crippen LogP contribution in [0.15, 0.2) is 66.9 Å². The molecule has 3 N–H and O–H groups in total. The second-order valence-corrected chi connectivity index (χ2v) is 6.89. The summed E-state index contributed by atoms with van der Waals surface area (Å²) in [6, 6.07) is 19.0. The van der Waals surface area contributed by atoms with E-state index in [4.69, 9.17) is 15.5 Å². The quantitative estimate of drug-likeness (QED) is 0.561. The number of ether oxygens (including phenoxy) is 1. The molecule has 2 aromatic heterocycles. The van der Waals surface area contributed by atoms with Crippen molar-refractivity contribution in [2.24, 2.45) is 5.73 Å². The van der Waals surface area contributed by atoms with Gasteiger partial charge in [0.15, 0.2) is 0 Å². The normalized spacial score (nSPS) is 12.4. The molecule has 2 aromatic carbocycles. The summed E-state index contributed by atoms with van der Waals surface area (Å²) in [5, 5.41) is 0. The molecule has 0 radical (unpaired) electrons. The Bertz CT molecular complexity index is 1200. The van der Waals surface area contributed by atoms with Gasteiger partial charge in [0.05, 0.1) is 23.7 Å². The Balaban J connectivity index is 1.64. The molecule has 0 bridgehead atoms. The Morgan fingerprint density at radius 3 is 2.62 bits per heavy atom. The number of carbonyl (C=O) groups excluding carboxylic acids is 1. The summed E-state index contributed by atoms with van der Waals surface area (Å²) in [6.07, 6.45) is 2.66. The highest BCUT2D eigenvalue weighted by molar-refractivity contribution is 5.93. The summed E-state index contributed by atoms with van der Waals surface area (Å²) in [5.74, 6) is 1.19. The minimum absolute atomic E-state index is 0.453. The number of amides is 1. The molecule has 5 rings (SSSR count). The zero-order valence-corrected chi connectivity index (χ0v) is 15.6. The Morgan fingerprint density at radius 2 is 1.86 bits per heavy atom. The molecule has 0 saturated carbocycles. The topological polar surface area (TPSA) is 93.9 Å². The third-order valence-electron chi connectivity index (χ3n) is 5.03. The lowest BCUT2D eigenvalue weighted by Gasteiger charge is -2.04.